The van der Waals surface area contributed by atoms with Crippen molar-refractivity contribution in [3.63, 3.8) is 0 Å². The van der Waals surface area contributed by atoms with Gasteiger partial charge in [0.25, 0.3) is 0 Å². The van der Waals surface area contributed by atoms with Crippen molar-refractivity contribution < 1.29 is 9.63 Å². The van der Waals surface area contributed by atoms with E-state index in [0.29, 0.717) is 0 Å². The summed E-state index contributed by atoms with van der Waals surface area (Å²) >= 11 is 3.43. The van der Waals surface area contributed by atoms with Crippen LogP contribution >= 0.6 is 15.9 Å². The summed E-state index contributed by atoms with van der Waals surface area (Å²) in [7, 11) is 0. The molecule has 0 amide bonds. The molecule has 1 fully saturated rings. The minimum absolute atomic E-state index is 0.151. The van der Waals surface area contributed by atoms with Crippen LogP contribution in [0.3, 0.4) is 0 Å². The number of hydroxylamine groups is 2. The number of piperazine rings is 1. The number of rotatable bonds is 3. The van der Waals surface area contributed by atoms with Crippen molar-refractivity contribution >= 4 is 21.9 Å². The summed E-state index contributed by atoms with van der Waals surface area (Å²) in [4.78, 5) is 19.4. The molecule has 0 aromatic heterocycles. The van der Waals surface area contributed by atoms with Gasteiger partial charge in [0.05, 0.1) is 5.41 Å². The van der Waals surface area contributed by atoms with E-state index in [-0.39, 0.29) is 5.97 Å². The predicted octanol–water partition coefficient (Wildman–Crippen LogP) is 1.50. The number of hydrogen-bond acceptors (Lipinski definition) is 4. The lowest BCUT2D eigenvalue weighted by molar-refractivity contribution is -0.206. The molecule has 4 nitrogen and oxygen atoms in total. The Morgan fingerprint density at radius 1 is 1.25 bits per heavy atom. The number of halogens is 1. The van der Waals surface area contributed by atoms with Crippen molar-refractivity contribution in [2.24, 2.45) is 5.41 Å². The first-order valence-corrected chi connectivity index (χ1v) is 6.81. The minimum atomic E-state index is -0.424. The first kappa shape index (κ1) is 13.9. The molecule has 0 spiro atoms. The molecule has 0 aromatic rings. The van der Waals surface area contributed by atoms with E-state index >= 15 is 0 Å². The van der Waals surface area contributed by atoms with Gasteiger partial charge in [0.1, 0.15) is 0 Å². The number of carbonyl (C=O) groups excluding carboxylic acids is 1. The Morgan fingerprint density at radius 2 is 1.81 bits per heavy atom. The summed E-state index contributed by atoms with van der Waals surface area (Å²) in [5, 5.41) is 2.77. The molecule has 16 heavy (non-hydrogen) atoms. The van der Waals surface area contributed by atoms with E-state index in [1.807, 2.05) is 20.8 Å². The average Bonchev–Trinajstić information content (AvgIpc) is 2.20. The van der Waals surface area contributed by atoms with Gasteiger partial charge < -0.3 is 4.84 Å². The van der Waals surface area contributed by atoms with Gasteiger partial charge in [-0.1, -0.05) is 15.9 Å². The fourth-order valence-electron chi connectivity index (χ4n) is 1.42. The van der Waals surface area contributed by atoms with Crippen LogP contribution in [-0.4, -0.2) is 54.0 Å². The van der Waals surface area contributed by atoms with Gasteiger partial charge in [-0.05, 0) is 20.8 Å². The Hall–Kier alpha value is -0.130. The van der Waals surface area contributed by atoms with Crippen molar-refractivity contribution in [2.75, 3.05) is 38.1 Å². The second kappa shape index (κ2) is 5.98. The zero-order valence-electron chi connectivity index (χ0n) is 10.3. The van der Waals surface area contributed by atoms with Crippen molar-refractivity contribution in [2.45, 2.75) is 20.8 Å². The van der Waals surface area contributed by atoms with Crippen LogP contribution in [0.5, 0.6) is 0 Å². The van der Waals surface area contributed by atoms with Crippen molar-refractivity contribution in [3.05, 3.63) is 0 Å². The van der Waals surface area contributed by atoms with Gasteiger partial charge in [-0.15, -0.1) is 5.06 Å². The van der Waals surface area contributed by atoms with E-state index in [4.69, 9.17) is 4.84 Å². The molecule has 0 aliphatic carbocycles. The highest BCUT2D eigenvalue weighted by molar-refractivity contribution is 9.09. The zero-order chi connectivity index (χ0) is 12.2. The molecule has 1 aliphatic rings. The third-order valence-corrected chi connectivity index (χ3v) is 2.91. The minimum Gasteiger partial charge on any atom is -0.367 e. The number of carbonyl (C=O) groups is 1. The molecule has 0 bridgehead atoms. The number of nitrogens with zero attached hydrogens (tertiary/aromatic N) is 2. The highest BCUT2D eigenvalue weighted by Gasteiger charge is 2.27. The maximum Gasteiger partial charge on any atom is 0.330 e. The van der Waals surface area contributed by atoms with Crippen molar-refractivity contribution in [1.82, 2.24) is 9.96 Å². The quantitative estimate of drug-likeness (QED) is 0.738. The third-order valence-electron chi connectivity index (χ3n) is 2.56. The van der Waals surface area contributed by atoms with Gasteiger partial charge in [0, 0.05) is 38.1 Å². The summed E-state index contributed by atoms with van der Waals surface area (Å²) in [6, 6.07) is 0. The predicted molar refractivity (Wildman–Crippen MR) is 67.4 cm³/mol. The summed E-state index contributed by atoms with van der Waals surface area (Å²) < 4.78 is 0. The molecule has 1 aliphatic heterocycles. The Morgan fingerprint density at radius 3 is 2.25 bits per heavy atom. The second-order valence-corrected chi connectivity index (χ2v) is 5.88. The molecule has 0 aromatic carbocycles. The highest BCUT2D eigenvalue weighted by atomic mass is 79.9. The van der Waals surface area contributed by atoms with Gasteiger partial charge >= 0.3 is 5.97 Å². The van der Waals surface area contributed by atoms with Crippen LogP contribution in [0.1, 0.15) is 20.8 Å². The molecule has 1 rings (SSSR count). The Kier molecular flexibility index (Phi) is 5.21. The molecule has 0 atom stereocenters. The van der Waals surface area contributed by atoms with E-state index < -0.39 is 5.41 Å². The fourth-order valence-corrected chi connectivity index (χ4v) is 1.92. The number of alkyl halides is 1. The SMILES string of the molecule is CC(C)(C)C(=O)ON1CCN(CCBr)CC1. The topological polar surface area (TPSA) is 32.8 Å². The Bertz CT molecular complexity index is 233. The summed E-state index contributed by atoms with van der Waals surface area (Å²) in [6.45, 7) is 10.2. The van der Waals surface area contributed by atoms with Crippen LogP contribution in [0.15, 0.2) is 0 Å². The Labute approximate surface area is 106 Å². The van der Waals surface area contributed by atoms with Gasteiger partial charge in [-0.3, -0.25) is 4.90 Å². The van der Waals surface area contributed by atoms with Gasteiger partial charge in [-0.2, -0.15) is 0 Å². The van der Waals surface area contributed by atoms with Crippen molar-refractivity contribution in [1.29, 1.82) is 0 Å². The molecular weight excluding hydrogens is 272 g/mol. The lowest BCUT2D eigenvalue weighted by Gasteiger charge is -2.34. The first-order chi connectivity index (χ1) is 7.43. The largest absolute Gasteiger partial charge is 0.367 e. The van der Waals surface area contributed by atoms with E-state index in [2.05, 4.69) is 20.8 Å². The van der Waals surface area contributed by atoms with E-state index in [1.54, 1.807) is 5.06 Å². The van der Waals surface area contributed by atoms with Crippen LogP contribution in [0, 0.1) is 5.41 Å². The molecular formula is C11H21BrN2O2. The second-order valence-electron chi connectivity index (χ2n) is 5.09. The molecule has 5 heteroatoms. The normalized spacial score (nSPS) is 19.8. The van der Waals surface area contributed by atoms with Gasteiger partial charge in [0.2, 0.25) is 0 Å². The third kappa shape index (κ3) is 4.39. The molecule has 0 saturated carbocycles. The van der Waals surface area contributed by atoms with Gasteiger partial charge in [0.15, 0.2) is 0 Å². The summed E-state index contributed by atoms with van der Waals surface area (Å²) in [5.41, 5.74) is -0.424. The molecule has 0 radical (unpaired) electrons. The molecule has 0 unspecified atom stereocenters. The van der Waals surface area contributed by atoms with E-state index in [1.165, 1.54) is 0 Å². The zero-order valence-corrected chi connectivity index (χ0v) is 11.9. The van der Waals surface area contributed by atoms with E-state index in [9.17, 15) is 4.79 Å². The maximum atomic E-state index is 11.7. The highest BCUT2D eigenvalue weighted by Crippen LogP contribution is 2.16. The smallest absolute Gasteiger partial charge is 0.330 e. The molecule has 1 saturated heterocycles. The van der Waals surface area contributed by atoms with Crippen molar-refractivity contribution in [3.8, 4) is 0 Å². The lowest BCUT2D eigenvalue weighted by Crippen LogP contribution is -2.48. The fraction of sp³-hybridized carbons (Fsp3) is 0.909. The first-order valence-electron chi connectivity index (χ1n) is 5.69. The van der Waals surface area contributed by atoms with E-state index in [0.717, 1.165) is 38.1 Å². The maximum absolute atomic E-state index is 11.7. The van der Waals surface area contributed by atoms with Crippen LogP contribution < -0.4 is 0 Å². The van der Waals surface area contributed by atoms with Crippen LogP contribution in [-0.2, 0) is 9.63 Å². The lowest BCUT2D eigenvalue weighted by atomic mass is 9.98. The van der Waals surface area contributed by atoms with Crippen LogP contribution in [0.25, 0.3) is 0 Å². The molecule has 94 valence electrons. The standard InChI is InChI=1S/C11H21BrN2O2/c1-11(2,3)10(15)16-14-8-6-13(5-4-12)7-9-14/h4-9H2,1-3H3. The van der Waals surface area contributed by atoms with Gasteiger partial charge in [-0.25, -0.2) is 4.79 Å². The average molecular weight is 293 g/mol. The van der Waals surface area contributed by atoms with Crippen LogP contribution in [0.4, 0.5) is 0 Å². The van der Waals surface area contributed by atoms with Crippen LogP contribution in [0.2, 0.25) is 0 Å². The summed E-state index contributed by atoms with van der Waals surface area (Å²) in [6.07, 6.45) is 0. The monoisotopic (exact) mass is 292 g/mol. The number of hydrogen-bond donors (Lipinski definition) is 0. The molecule has 1 heterocycles. The Balaban J connectivity index is 2.30. The molecule has 0 N–H and O–H groups in total. The summed E-state index contributed by atoms with van der Waals surface area (Å²) in [5.74, 6) is -0.151.